The zero-order valence-corrected chi connectivity index (χ0v) is 16.8. The van der Waals surface area contributed by atoms with Crippen molar-refractivity contribution >= 4 is 0 Å². The number of benzene rings is 4. The van der Waals surface area contributed by atoms with Gasteiger partial charge in [0.25, 0.3) is 0 Å². The highest BCUT2D eigenvalue weighted by Crippen LogP contribution is 2.40. The van der Waals surface area contributed by atoms with Crippen molar-refractivity contribution in [2.75, 3.05) is 0 Å². The lowest BCUT2D eigenvalue weighted by Crippen LogP contribution is -2.54. The van der Waals surface area contributed by atoms with Gasteiger partial charge in [0.05, 0.1) is 0 Å². The molecule has 0 N–H and O–H groups in total. The Morgan fingerprint density at radius 1 is 0.387 bits per heavy atom. The normalized spacial score (nSPS) is 15.5. The molecule has 2 aliphatic heterocycles. The van der Waals surface area contributed by atoms with Crippen molar-refractivity contribution in [1.82, 2.24) is 0 Å². The van der Waals surface area contributed by atoms with E-state index in [0.717, 1.165) is 22.3 Å². The standard InChI is InChI=1S/C27H20O4/c1-5-13-23-19(9-1)17-20-10-2-6-14-24(20)29-27(28-23)30-25-15-7-3-11-21(25)18-22-12-4-8-16-26(22)31-27/h1-16H,17-18H2. The van der Waals surface area contributed by atoms with Gasteiger partial charge in [0.1, 0.15) is 23.0 Å². The lowest BCUT2D eigenvalue weighted by Gasteiger charge is -2.36. The fourth-order valence-corrected chi connectivity index (χ4v) is 4.07. The summed E-state index contributed by atoms with van der Waals surface area (Å²) in [6.45, 7) is 0. The van der Waals surface area contributed by atoms with E-state index in [2.05, 4.69) is 24.3 Å². The second-order valence-electron chi connectivity index (χ2n) is 7.69. The quantitative estimate of drug-likeness (QED) is 0.373. The highest BCUT2D eigenvalue weighted by atomic mass is 17.0. The molecule has 4 aromatic rings. The fraction of sp³-hybridized carbons (Fsp3) is 0.111. The molecule has 152 valence electrons. The van der Waals surface area contributed by atoms with Crippen molar-refractivity contribution in [1.29, 1.82) is 0 Å². The summed E-state index contributed by atoms with van der Waals surface area (Å²) < 4.78 is 25.6. The van der Waals surface area contributed by atoms with Crippen LogP contribution >= 0.6 is 0 Å². The van der Waals surface area contributed by atoms with Crippen molar-refractivity contribution in [3.05, 3.63) is 119 Å². The largest absolute Gasteiger partial charge is 0.611 e. The summed E-state index contributed by atoms with van der Waals surface area (Å²) in [6, 6.07) is 31.6. The number of hydrogen-bond donors (Lipinski definition) is 0. The Balaban J connectivity index is 1.57. The van der Waals surface area contributed by atoms with Crippen molar-refractivity contribution in [3.63, 3.8) is 0 Å². The minimum absolute atomic E-state index is 0.660. The molecule has 0 fully saturated rings. The van der Waals surface area contributed by atoms with Gasteiger partial charge in [-0.05, 0) is 46.5 Å². The van der Waals surface area contributed by atoms with E-state index in [0.29, 0.717) is 35.8 Å². The molecule has 0 bridgehead atoms. The first-order valence-corrected chi connectivity index (χ1v) is 10.4. The van der Waals surface area contributed by atoms with Crippen LogP contribution < -0.4 is 18.9 Å². The van der Waals surface area contributed by atoms with E-state index in [1.807, 2.05) is 72.8 Å². The van der Waals surface area contributed by atoms with E-state index in [9.17, 15) is 0 Å². The Labute approximate surface area is 180 Å². The van der Waals surface area contributed by atoms with E-state index in [1.165, 1.54) is 0 Å². The zero-order chi connectivity index (χ0) is 20.7. The van der Waals surface area contributed by atoms with Crippen LogP contribution in [0.1, 0.15) is 22.3 Å². The number of ether oxygens (including phenoxy) is 4. The van der Waals surface area contributed by atoms with E-state index in [4.69, 9.17) is 18.9 Å². The second kappa shape index (κ2) is 7.10. The zero-order valence-electron chi connectivity index (χ0n) is 16.8. The summed E-state index contributed by atoms with van der Waals surface area (Å²) in [4.78, 5) is 0. The smallest absolute Gasteiger partial charge is 0.386 e. The van der Waals surface area contributed by atoms with Crippen LogP contribution in [0.5, 0.6) is 23.0 Å². The SMILES string of the molecule is c1ccc2c(c1)Cc1ccccc1OC1(O2)Oc2ccccc2Cc2ccccc2O1. The van der Waals surface area contributed by atoms with Crippen LogP contribution in [-0.4, -0.2) is 6.16 Å². The lowest BCUT2D eigenvalue weighted by atomic mass is 10.0. The number of para-hydroxylation sites is 4. The molecule has 2 aliphatic rings. The maximum Gasteiger partial charge on any atom is 0.611 e. The fourth-order valence-electron chi connectivity index (χ4n) is 4.07. The maximum absolute atomic E-state index is 6.40. The molecule has 0 aromatic heterocycles. The summed E-state index contributed by atoms with van der Waals surface area (Å²) in [6.07, 6.45) is -0.440. The van der Waals surface area contributed by atoms with Gasteiger partial charge in [-0.2, -0.15) is 0 Å². The predicted octanol–water partition coefficient (Wildman–Crippen LogP) is 5.72. The van der Waals surface area contributed by atoms with Crippen LogP contribution in [0.4, 0.5) is 0 Å². The van der Waals surface area contributed by atoms with Crippen LogP contribution in [0.15, 0.2) is 97.1 Å². The van der Waals surface area contributed by atoms with Gasteiger partial charge in [-0.25, -0.2) is 0 Å². The molecule has 4 nitrogen and oxygen atoms in total. The van der Waals surface area contributed by atoms with Gasteiger partial charge in [0.2, 0.25) is 0 Å². The van der Waals surface area contributed by atoms with Crippen molar-refractivity contribution < 1.29 is 18.9 Å². The maximum atomic E-state index is 6.40. The molecule has 31 heavy (non-hydrogen) atoms. The predicted molar refractivity (Wildman–Crippen MR) is 117 cm³/mol. The van der Waals surface area contributed by atoms with Gasteiger partial charge in [-0.3, -0.25) is 0 Å². The molecule has 0 radical (unpaired) electrons. The molecule has 2 heterocycles. The Bertz CT molecular complexity index is 1070. The molecule has 0 atom stereocenters. The highest BCUT2D eigenvalue weighted by molar-refractivity contribution is 5.46. The lowest BCUT2D eigenvalue weighted by molar-refractivity contribution is -0.368. The molecule has 0 saturated carbocycles. The number of rotatable bonds is 0. The third kappa shape index (κ3) is 3.26. The minimum atomic E-state index is -1.82. The summed E-state index contributed by atoms with van der Waals surface area (Å²) >= 11 is 0. The number of fused-ring (bicyclic) bond motifs is 4. The molecule has 0 amide bonds. The summed E-state index contributed by atoms with van der Waals surface area (Å²) in [7, 11) is 0. The molecular weight excluding hydrogens is 388 g/mol. The van der Waals surface area contributed by atoms with Crippen LogP contribution in [0.3, 0.4) is 0 Å². The molecule has 4 aromatic carbocycles. The highest BCUT2D eigenvalue weighted by Gasteiger charge is 2.47. The molecule has 0 saturated heterocycles. The van der Waals surface area contributed by atoms with Gasteiger partial charge < -0.3 is 18.9 Å². The van der Waals surface area contributed by atoms with Gasteiger partial charge in [-0.1, -0.05) is 72.8 Å². The average Bonchev–Trinajstić information content (AvgIpc) is 2.77. The summed E-state index contributed by atoms with van der Waals surface area (Å²) in [5.74, 6) is 2.64. The summed E-state index contributed by atoms with van der Waals surface area (Å²) in [5, 5.41) is 0. The minimum Gasteiger partial charge on any atom is -0.386 e. The van der Waals surface area contributed by atoms with Crippen molar-refractivity contribution in [2.24, 2.45) is 0 Å². The first kappa shape index (κ1) is 17.9. The second-order valence-corrected chi connectivity index (χ2v) is 7.69. The molecule has 4 heteroatoms. The molecule has 6 rings (SSSR count). The van der Waals surface area contributed by atoms with Crippen molar-refractivity contribution in [2.45, 2.75) is 19.0 Å². The third-order valence-corrected chi connectivity index (χ3v) is 5.59. The Morgan fingerprint density at radius 2 is 0.645 bits per heavy atom. The van der Waals surface area contributed by atoms with Gasteiger partial charge in [0, 0.05) is 12.8 Å². The molecule has 0 aliphatic carbocycles. The van der Waals surface area contributed by atoms with Crippen LogP contribution in [0, 0.1) is 0 Å². The third-order valence-electron chi connectivity index (χ3n) is 5.59. The van der Waals surface area contributed by atoms with Gasteiger partial charge in [0.15, 0.2) is 0 Å². The van der Waals surface area contributed by atoms with Gasteiger partial charge >= 0.3 is 6.16 Å². The van der Waals surface area contributed by atoms with Crippen LogP contribution in [0.2, 0.25) is 0 Å². The molecule has 0 unspecified atom stereocenters. The monoisotopic (exact) mass is 408 g/mol. The van der Waals surface area contributed by atoms with E-state index in [-0.39, 0.29) is 0 Å². The van der Waals surface area contributed by atoms with Crippen LogP contribution in [-0.2, 0) is 12.8 Å². The first-order valence-electron chi connectivity index (χ1n) is 10.4. The Morgan fingerprint density at radius 3 is 0.935 bits per heavy atom. The molecular formula is C27H20O4. The van der Waals surface area contributed by atoms with E-state index in [1.54, 1.807) is 0 Å². The molecule has 1 spiro atoms. The first-order chi connectivity index (χ1) is 15.3. The Hall–Kier alpha value is -3.92. The van der Waals surface area contributed by atoms with Crippen LogP contribution in [0.25, 0.3) is 0 Å². The topological polar surface area (TPSA) is 36.9 Å². The summed E-state index contributed by atoms with van der Waals surface area (Å²) in [5.41, 5.74) is 4.14. The average molecular weight is 408 g/mol. The Kier molecular flexibility index (Phi) is 4.10. The van der Waals surface area contributed by atoms with E-state index < -0.39 is 6.16 Å². The van der Waals surface area contributed by atoms with Crippen molar-refractivity contribution in [3.8, 4) is 23.0 Å². The van der Waals surface area contributed by atoms with E-state index >= 15 is 0 Å². The van der Waals surface area contributed by atoms with Gasteiger partial charge in [-0.15, -0.1) is 0 Å². The number of hydrogen-bond acceptors (Lipinski definition) is 4.